The molecular formula is C18H19NO3S. The van der Waals surface area contributed by atoms with Crippen molar-refractivity contribution in [1.29, 1.82) is 0 Å². The first-order valence-corrected chi connectivity index (χ1v) is 8.59. The van der Waals surface area contributed by atoms with E-state index in [1.165, 1.54) is 0 Å². The molecule has 0 spiro atoms. The van der Waals surface area contributed by atoms with Gasteiger partial charge >= 0.3 is 5.97 Å². The van der Waals surface area contributed by atoms with Crippen LogP contribution in [0.15, 0.2) is 47.8 Å². The average molecular weight is 329 g/mol. The van der Waals surface area contributed by atoms with Gasteiger partial charge in [-0.25, -0.2) is 0 Å². The number of benzene rings is 1. The maximum Gasteiger partial charge on any atom is 0.308 e. The number of carbonyl (C=O) groups excluding carboxylic acids is 1. The van der Waals surface area contributed by atoms with Gasteiger partial charge in [0.1, 0.15) is 0 Å². The van der Waals surface area contributed by atoms with Crippen LogP contribution in [0.2, 0.25) is 0 Å². The number of amides is 1. The van der Waals surface area contributed by atoms with Crippen molar-refractivity contribution in [3.8, 4) is 0 Å². The van der Waals surface area contributed by atoms with E-state index >= 15 is 0 Å². The number of likely N-dealkylation sites (tertiary alicyclic amines) is 1. The molecule has 3 rings (SSSR count). The van der Waals surface area contributed by atoms with E-state index in [9.17, 15) is 14.7 Å². The zero-order chi connectivity index (χ0) is 16.2. The van der Waals surface area contributed by atoms with Crippen LogP contribution in [0.5, 0.6) is 0 Å². The Labute approximate surface area is 139 Å². The molecule has 23 heavy (non-hydrogen) atoms. The third kappa shape index (κ3) is 3.79. The first kappa shape index (κ1) is 15.7. The van der Waals surface area contributed by atoms with Crippen molar-refractivity contribution < 1.29 is 14.7 Å². The van der Waals surface area contributed by atoms with Gasteiger partial charge in [-0.3, -0.25) is 9.59 Å². The summed E-state index contributed by atoms with van der Waals surface area (Å²) in [5, 5.41) is 11.4. The second kappa shape index (κ2) is 6.96. The molecule has 4 nitrogen and oxygen atoms in total. The Morgan fingerprint density at radius 3 is 2.57 bits per heavy atom. The maximum atomic E-state index is 12.6. The highest BCUT2D eigenvalue weighted by Gasteiger charge is 2.34. The summed E-state index contributed by atoms with van der Waals surface area (Å²) in [6, 6.07) is 13.7. The van der Waals surface area contributed by atoms with Crippen molar-refractivity contribution in [2.24, 2.45) is 5.92 Å². The zero-order valence-electron chi connectivity index (χ0n) is 12.7. The van der Waals surface area contributed by atoms with Crippen LogP contribution in [0.25, 0.3) is 0 Å². The van der Waals surface area contributed by atoms with Gasteiger partial charge in [-0.05, 0) is 23.4 Å². The monoisotopic (exact) mass is 329 g/mol. The summed E-state index contributed by atoms with van der Waals surface area (Å²) < 4.78 is 0. The fourth-order valence-electron chi connectivity index (χ4n) is 3.12. The summed E-state index contributed by atoms with van der Waals surface area (Å²) in [6.07, 6.45) is 0.938. The van der Waals surface area contributed by atoms with Gasteiger partial charge in [-0.2, -0.15) is 0 Å². The summed E-state index contributed by atoms with van der Waals surface area (Å²) in [5.74, 6) is -1.22. The smallest absolute Gasteiger partial charge is 0.308 e. The summed E-state index contributed by atoms with van der Waals surface area (Å²) in [4.78, 5) is 26.8. The standard InChI is InChI=1S/C18H19NO3S/c20-17(10-16-7-4-8-23-16)19-11-14(9-15(12-19)18(21)22)13-5-2-1-3-6-13/h1-8,14-15H,9-12H2,(H,21,22)/t14-,15+/m0/s1. The first-order valence-electron chi connectivity index (χ1n) is 7.71. The minimum Gasteiger partial charge on any atom is -0.481 e. The summed E-state index contributed by atoms with van der Waals surface area (Å²) in [7, 11) is 0. The molecule has 0 unspecified atom stereocenters. The van der Waals surface area contributed by atoms with E-state index in [2.05, 4.69) is 0 Å². The van der Waals surface area contributed by atoms with Crippen LogP contribution < -0.4 is 0 Å². The number of carbonyl (C=O) groups is 2. The third-order valence-corrected chi connectivity index (χ3v) is 5.21. The minimum atomic E-state index is -0.820. The molecule has 120 valence electrons. The lowest BCUT2D eigenvalue weighted by Crippen LogP contribution is -2.46. The Morgan fingerprint density at radius 2 is 1.91 bits per heavy atom. The maximum absolute atomic E-state index is 12.6. The van der Waals surface area contributed by atoms with Gasteiger partial charge in [0.2, 0.25) is 5.91 Å². The van der Waals surface area contributed by atoms with Gasteiger partial charge in [0.25, 0.3) is 0 Å². The number of hydrogen-bond acceptors (Lipinski definition) is 3. The van der Waals surface area contributed by atoms with E-state index < -0.39 is 11.9 Å². The largest absolute Gasteiger partial charge is 0.481 e. The van der Waals surface area contributed by atoms with Gasteiger partial charge < -0.3 is 10.0 Å². The van der Waals surface area contributed by atoms with Crippen LogP contribution in [0, 0.1) is 5.92 Å². The molecule has 0 bridgehead atoms. The number of hydrogen-bond donors (Lipinski definition) is 1. The SMILES string of the molecule is O=C(O)[C@@H]1C[C@H](c2ccccc2)CN(C(=O)Cc2cccs2)C1. The topological polar surface area (TPSA) is 57.6 Å². The predicted molar refractivity (Wildman–Crippen MR) is 89.5 cm³/mol. The molecule has 2 aromatic rings. The van der Waals surface area contributed by atoms with Crippen molar-refractivity contribution in [2.75, 3.05) is 13.1 Å². The Balaban J connectivity index is 1.76. The fraction of sp³-hybridized carbons (Fsp3) is 0.333. The summed E-state index contributed by atoms with van der Waals surface area (Å²) in [5.41, 5.74) is 1.10. The molecule has 0 radical (unpaired) electrons. The number of carboxylic acid groups (broad SMARTS) is 1. The number of carboxylic acids is 1. The van der Waals surface area contributed by atoms with Crippen molar-refractivity contribution in [3.63, 3.8) is 0 Å². The lowest BCUT2D eigenvalue weighted by atomic mass is 9.84. The summed E-state index contributed by atoms with van der Waals surface area (Å²) >= 11 is 1.56. The van der Waals surface area contributed by atoms with Gasteiger partial charge in [0.05, 0.1) is 12.3 Å². The van der Waals surface area contributed by atoms with E-state index in [0.29, 0.717) is 25.9 Å². The molecule has 0 saturated carbocycles. The number of nitrogens with zero attached hydrogens (tertiary/aromatic N) is 1. The molecule has 1 aliphatic heterocycles. The van der Waals surface area contributed by atoms with E-state index in [0.717, 1.165) is 10.4 Å². The number of piperidine rings is 1. The Bertz CT molecular complexity index is 669. The molecule has 2 heterocycles. The molecule has 0 aliphatic carbocycles. The van der Waals surface area contributed by atoms with Crippen LogP contribution >= 0.6 is 11.3 Å². The fourth-order valence-corrected chi connectivity index (χ4v) is 3.82. The molecule has 1 N–H and O–H groups in total. The normalized spacial score (nSPS) is 21.1. The van der Waals surface area contributed by atoms with Crippen LogP contribution in [0.3, 0.4) is 0 Å². The third-order valence-electron chi connectivity index (χ3n) is 4.33. The van der Waals surface area contributed by atoms with Crippen LogP contribution in [-0.2, 0) is 16.0 Å². The van der Waals surface area contributed by atoms with Gasteiger partial charge in [-0.1, -0.05) is 36.4 Å². The zero-order valence-corrected chi connectivity index (χ0v) is 13.5. The second-order valence-electron chi connectivity index (χ2n) is 5.93. The van der Waals surface area contributed by atoms with Gasteiger partial charge in [0, 0.05) is 23.9 Å². The van der Waals surface area contributed by atoms with E-state index in [1.54, 1.807) is 16.2 Å². The van der Waals surface area contributed by atoms with Crippen molar-refractivity contribution in [2.45, 2.75) is 18.8 Å². The van der Waals surface area contributed by atoms with Gasteiger partial charge in [0.15, 0.2) is 0 Å². The van der Waals surface area contributed by atoms with Crippen molar-refractivity contribution >= 4 is 23.2 Å². The highest BCUT2D eigenvalue weighted by atomic mass is 32.1. The summed E-state index contributed by atoms with van der Waals surface area (Å²) in [6.45, 7) is 0.904. The lowest BCUT2D eigenvalue weighted by Gasteiger charge is -2.36. The van der Waals surface area contributed by atoms with Crippen LogP contribution in [0.4, 0.5) is 0 Å². The Hall–Kier alpha value is -2.14. The molecule has 1 aromatic carbocycles. The molecule has 1 amide bonds. The van der Waals surface area contributed by atoms with E-state index in [-0.39, 0.29) is 11.8 Å². The van der Waals surface area contributed by atoms with Crippen LogP contribution in [0.1, 0.15) is 22.8 Å². The van der Waals surface area contributed by atoms with E-state index in [4.69, 9.17) is 0 Å². The second-order valence-corrected chi connectivity index (χ2v) is 6.97. The average Bonchev–Trinajstić information content (AvgIpc) is 3.08. The van der Waals surface area contributed by atoms with E-state index in [1.807, 2.05) is 47.8 Å². The van der Waals surface area contributed by atoms with Gasteiger partial charge in [-0.15, -0.1) is 11.3 Å². The number of aliphatic carboxylic acids is 1. The van der Waals surface area contributed by atoms with Crippen LogP contribution in [-0.4, -0.2) is 35.0 Å². The lowest BCUT2D eigenvalue weighted by molar-refractivity contribution is -0.146. The molecule has 1 aliphatic rings. The molecule has 5 heteroatoms. The highest BCUT2D eigenvalue weighted by molar-refractivity contribution is 7.10. The Morgan fingerprint density at radius 1 is 1.13 bits per heavy atom. The molecule has 1 saturated heterocycles. The van der Waals surface area contributed by atoms with Crippen molar-refractivity contribution in [1.82, 2.24) is 4.90 Å². The number of rotatable bonds is 4. The quantitative estimate of drug-likeness (QED) is 0.938. The first-order chi connectivity index (χ1) is 11.1. The predicted octanol–water partition coefficient (Wildman–Crippen LogP) is 3.01. The highest BCUT2D eigenvalue weighted by Crippen LogP contribution is 2.31. The minimum absolute atomic E-state index is 0.0133. The molecule has 1 aromatic heterocycles. The molecule has 1 fully saturated rings. The number of thiophene rings is 1. The Kier molecular flexibility index (Phi) is 4.76. The van der Waals surface area contributed by atoms with Crippen molar-refractivity contribution in [3.05, 3.63) is 58.3 Å². The molecule has 2 atom stereocenters. The molecular weight excluding hydrogens is 310 g/mol.